The third kappa shape index (κ3) is 5.22. The van der Waals surface area contributed by atoms with Gasteiger partial charge in [0.2, 0.25) is 5.91 Å². The zero-order valence-electron chi connectivity index (χ0n) is 14.2. The zero-order chi connectivity index (χ0) is 16.7. The molecule has 3 N–H and O–H groups in total. The van der Waals surface area contributed by atoms with E-state index in [2.05, 4.69) is 19.2 Å². The standard InChI is InChI=1S/C17H28N2O3/c1-11(2)10-22-15-7-6-14(8-16(15)21-5)13(4)19-17(20)12(3)9-18/h6-8,11-13H,9-10,18H2,1-5H3,(H,19,20). The van der Waals surface area contributed by atoms with E-state index in [1.807, 2.05) is 32.0 Å². The SMILES string of the molecule is COc1cc(C(C)NC(=O)C(C)CN)ccc1OCC(C)C. The molecule has 22 heavy (non-hydrogen) atoms. The lowest BCUT2D eigenvalue weighted by atomic mass is 10.1. The Morgan fingerprint density at radius 1 is 1.23 bits per heavy atom. The second-order valence-electron chi connectivity index (χ2n) is 5.98. The van der Waals surface area contributed by atoms with Crippen LogP contribution in [-0.4, -0.2) is 26.2 Å². The van der Waals surface area contributed by atoms with Gasteiger partial charge in [0.05, 0.1) is 19.8 Å². The fraction of sp³-hybridized carbons (Fsp3) is 0.588. The highest BCUT2D eigenvalue weighted by Crippen LogP contribution is 2.30. The Morgan fingerprint density at radius 2 is 1.91 bits per heavy atom. The fourth-order valence-corrected chi connectivity index (χ4v) is 1.88. The number of methoxy groups -OCH3 is 1. The van der Waals surface area contributed by atoms with Crippen LogP contribution in [0, 0.1) is 11.8 Å². The molecule has 0 aliphatic rings. The topological polar surface area (TPSA) is 73.6 Å². The van der Waals surface area contributed by atoms with E-state index in [9.17, 15) is 4.79 Å². The van der Waals surface area contributed by atoms with Crippen LogP contribution < -0.4 is 20.5 Å². The lowest BCUT2D eigenvalue weighted by molar-refractivity contribution is -0.124. The summed E-state index contributed by atoms with van der Waals surface area (Å²) in [5, 5.41) is 2.95. The average molecular weight is 308 g/mol. The molecule has 0 saturated heterocycles. The Bertz CT molecular complexity index is 489. The number of benzene rings is 1. The van der Waals surface area contributed by atoms with E-state index in [4.69, 9.17) is 15.2 Å². The van der Waals surface area contributed by atoms with E-state index in [0.717, 1.165) is 5.56 Å². The molecule has 1 aromatic carbocycles. The number of amides is 1. The Balaban J connectivity index is 2.81. The van der Waals surface area contributed by atoms with E-state index in [0.29, 0.717) is 30.6 Å². The highest BCUT2D eigenvalue weighted by Gasteiger charge is 2.16. The number of carbonyl (C=O) groups excluding carboxylic acids is 1. The number of nitrogens with two attached hydrogens (primary N) is 1. The van der Waals surface area contributed by atoms with Gasteiger partial charge in [0, 0.05) is 12.5 Å². The van der Waals surface area contributed by atoms with Crippen molar-refractivity contribution in [3.05, 3.63) is 23.8 Å². The molecule has 0 aliphatic heterocycles. The molecule has 0 aromatic heterocycles. The Labute approximate surface area is 133 Å². The minimum atomic E-state index is -0.196. The first kappa shape index (κ1) is 18.3. The molecule has 0 heterocycles. The van der Waals surface area contributed by atoms with Crippen molar-refractivity contribution in [2.24, 2.45) is 17.6 Å². The van der Waals surface area contributed by atoms with Crippen LogP contribution in [0.4, 0.5) is 0 Å². The quantitative estimate of drug-likeness (QED) is 0.774. The largest absolute Gasteiger partial charge is 0.493 e. The van der Waals surface area contributed by atoms with Gasteiger partial charge in [0.25, 0.3) is 0 Å². The lowest BCUT2D eigenvalue weighted by Gasteiger charge is -2.19. The normalized spacial score (nSPS) is 13.6. The summed E-state index contributed by atoms with van der Waals surface area (Å²) in [6.45, 7) is 8.91. The summed E-state index contributed by atoms with van der Waals surface area (Å²) in [6.07, 6.45) is 0. The number of nitrogens with one attached hydrogen (secondary N) is 1. The number of hydrogen-bond acceptors (Lipinski definition) is 4. The van der Waals surface area contributed by atoms with E-state index in [1.165, 1.54) is 0 Å². The predicted octanol–water partition coefficient (Wildman–Crippen LogP) is 2.50. The van der Waals surface area contributed by atoms with Crippen molar-refractivity contribution in [1.29, 1.82) is 0 Å². The Hall–Kier alpha value is -1.75. The molecule has 1 amide bonds. The maximum Gasteiger partial charge on any atom is 0.224 e. The molecule has 0 fully saturated rings. The molecule has 0 radical (unpaired) electrons. The molecule has 2 atom stereocenters. The van der Waals surface area contributed by atoms with Gasteiger partial charge in [-0.1, -0.05) is 26.8 Å². The van der Waals surface area contributed by atoms with Gasteiger partial charge in [-0.15, -0.1) is 0 Å². The van der Waals surface area contributed by atoms with Crippen molar-refractivity contribution in [3.8, 4) is 11.5 Å². The third-order valence-electron chi connectivity index (χ3n) is 3.42. The van der Waals surface area contributed by atoms with Gasteiger partial charge in [-0.2, -0.15) is 0 Å². The van der Waals surface area contributed by atoms with E-state index >= 15 is 0 Å². The van der Waals surface area contributed by atoms with Crippen LogP contribution in [0.1, 0.15) is 39.3 Å². The maximum atomic E-state index is 11.9. The molecular weight excluding hydrogens is 280 g/mol. The summed E-state index contributed by atoms with van der Waals surface area (Å²) in [5.41, 5.74) is 6.48. The minimum Gasteiger partial charge on any atom is -0.493 e. The summed E-state index contributed by atoms with van der Waals surface area (Å²) < 4.78 is 11.1. The molecule has 0 aliphatic carbocycles. The molecule has 0 bridgehead atoms. The number of hydrogen-bond donors (Lipinski definition) is 2. The molecular formula is C17H28N2O3. The van der Waals surface area contributed by atoms with E-state index in [1.54, 1.807) is 7.11 Å². The molecule has 5 heteroatoms. The van der Waals surface area contributed by atoms with Crippen molar-refractivity contribution >= 4 is 5.91 Å². The Morgan fingerprint density at radius 3 is 2.45 bits per heavy atom. The molecule has 2 unspecified atom stereocenters. The minimum absolute atomic E-state index is 0.0471. The number of carbonyl (C=O) groups is 1. The van der Waals surface area contributed by atoms with Crippen LogP contribution >= 0.6 is 0 Å². The first-order valence-electron chi connectivity index (χ1n) is 7.70. The van der Waals surface area contributed by atoms with Crippen molar-refractivity contribution in [3.63, 3.8) is 0 Å². The number of ether oxygens (including phenoxy) is 2. The second kappa shape index (κ2) is 8.63. The molecule has 124 valence electrons. The zero-order valence-corrected chi connectivity index (χ0v) is 14.2. The second-order valence-corrected chi connectivity index (χ2v) is 5.98. The smallest absolute Gasteiger partial charge is 0.224 e. The lowest BCUT2D eigenvalue weighted by Crippen LogP contribution is -2.34. The predicted molar refractivity (Wildman–Crippen MR) is 88.1 cm³/mol. The molecule has 0 spiro atoms. The monoisotopic (exact) mass is 308 g/mol. The van der Waals surface area contributed by atoms with E-state index in [-0.39, 0.29) is 17.9 Å². The summed E-state index contributed by atoms with van der Waals surface area (Å²) >= 11 is 0. The first-order chi connectivity index (χ1) is 10.4. The summed E-state index contributed by atoms with van der Waals surface area (Å²) in [4.78, 5) is 11.9. The molecule has 5 nitrogen and oxygen atoms in total. The van der Waals surface area contributed by atoms with Gasteiger partial charge in [-0.25, -0.2) is 0 Å². The first-order valence-corrected chi connectivity index (χ1v) is 7.70. The molecule has 1 aromatic rings. The van der Waals surface area contributed by atoms with Crippen LogP contribution in [0.5, 0.6) is 11.5 Å². The van der Waals surface area contributed by atoms with Crippen molar-refractivity contribution in [2.75, 3.05) is 20.3 Å². The third-order valence-corrected chi connectivity index (χ3v) is 3.42. The molecule has 1 rings (SSSR count). The fourth-order valence-electron chi connectivity index (χ4n) is 1.88. The van der Waals surface area contributed by atoms with Crippen LogP contribution in [0.3, 0.4) is 0 Å². The van der Waals surface area contributed by atoms with Crippen molar-refractivity contribution < 1.29 is 14.3 Å². The van der Waals surface area contributed by atoms with Gasteiger partial charge in [0.15, 0.2) is 11.5 Å². The Kier molecular flexibility index (Phi) is 7.18. The molecule has 0 saturated carbocycles. The summed E-state index contributed by atoms with van der Waals surface area (Å²) in [5.74, 6) is 1.59. The summed E-state index contributed by atoms with van der Waals surface area (Å²) in [7, 11) is 1.61. The summed E-state index contributed by atoms with van der Waals surface area (Å²) in [6, 6.07) is 5.60. The number of rotatable bonds is 8. The van der Waals surface area contributed by atoms with E-state index < -0.39 is 0 Å². The van der Waals surface area contributed by atoms with Gasteiger partial charge < -0.3 is 20.5 Å². The van der Waals surface area contributed by atoms with Crippen LogP contribution in [-0.2, 0) is 4.79 Å². The maximum absolute atomic E-state index is 11.9. The van der Waals surface area contributed by atoms with Gasteiger partial charge >= 0.3 is 0 Å². The highest BCUT2D eigenvalue weighted by atomic mass is 16.5. The van der Waals surface area contributed by atoms with Crippen LogP contribution in [0.25, 0.3) is 0 Å². The van der Waals surface area contributed by atoms with Gasteiger partial charge in [-0.3, -0.25) is 4.79 Å². The van der Waals surface area contributed by atoms with Crippen LogP contribution in [0.2, 0.25) is 0 Å². The highest BCUT2D eigenvalue weighted by molar-refractivity contribution is 5.78. The van der Waals surface area contributed by atoms with Gasteiger partial charge in [-0.05, 0) is 30.5 Å². The van der Waals surface area contributed by atoms with Crippen molar-refractivity contribution in [2.45, 2.75) is 33.7 Å². The average Bonchev–Trinajstić information content (AvgIpc) is 2.51. The van der Waals surface area contributed by atoms with Crippen molar-refractivity contribution in [1.82, 2.24) is 5.32 Å². The van der Waals surface area contributed by atoms with Crippen LogP contribution in [0.15, 0.2) is 18.2 Å². The van der Waals surface area contributed by atoms with Gasteiger partial charge in [0.1, 0.15) is 0 Å².